The third-order valence-corrected chi connectivity index (χ3v) is 5.14. The maximum absolute atomic E-state index is 12.3. The Morgan fingerprint density at radius 1 is 1.28 bits per heavy atom. The minimum Gasteiger partial charge on any atom is -0.466 e. The Morgan fingerprint density at radius 3 is 2.64 bits per heavy atom. The van der Waals surface area contributed by atoms with Crippen LogP contribution in [0.15, 0.2) is 34.7 Å². The van der Waals surface area contributed by atoms with Crippen molar-refractivity contribution >= 4 is 27.5 Å². The Kier molecular flexibility index (Phi) is 4.89. The molecule has 132 valence electrons. The van der Waals surface area contributed by atoms with Crippen molar-refractivity contribution < 1.29 is 19.4 Å². The number of carbonyl (C=O) groups is 1. The molecule has 3 rings (SSSR count). The third-order valence-electron chi connectivity index (χ3n) is 4.04. The molecule has 0 bridgehead atoms. The van der Waals surface area contributed by atoms with Gasteiger partial charge in [0.05, 0.1) is 16.3 Å². The highest BCUT2D eigenvalue weighted by Gasteiger charge is 2.29. The Bertz CT molecular complexity index is 869. The number of aliphatic hydroxyl groups is 2. The number of benzene rings is 1. The van der Waals surface area contributed by atoms with Crippen molar-refractivity contribution in [3.63, 3.8) is 0 Å². The maximum atomic E-state index is 12.3. The third kappa shape index (κ3) is 3.58. The first-order valence-corrected chi connectivity index (χ1v) is 8.77. The Labute approximate surface area is 149 Å². The van der Waals surface area contributed by atoms with Gasteiger partial charge in [-0.1, -0.05) is 12.1 Å². The molecule has 3 aromatic rings. The van der Waals surface area contributed by atoms with Gasteiger partial charge in [0, 0.05) is 5.56 Å². The van der Waals surface area contributed by atoms with Crippen LogP contribution in [0.1, 0.15) is 41.2 Å². The molecule has 0 saturated heterocycles. The van der Waals surface area contributed by atoms with E-state index in [1.54, 1.807) is 6.92 Å². The van der Waals surface area contributed by atoms with E-state index in [-0.39, 0.29) is 6.04 Å². The molecule has 25 heavy (non-hydrogen) atoms. The van der Waals surface area contributed by atoms with Gasteiger partial charge in [-0.25, -0.2) is 4.98 Å². The van der Waals surface area contributed by atoms with Crippen molar-refractivity contribution in [2.45, 2.75) is 39.0 Å². The number of aromatic nitrogens is 1. The van der Waals surface area contributed by atoms with E-state index in [1.807, 2.05) is 44.2 Å². The molecule has 0 aliphatic carbocycles. The lowest BCUT2D eigenvalue weighted by atomic mass is 10.1. The summed E-state index contributed by atoms with van der Waals surface area (Å²) in [5.74, 6) is 0.813. The minimum absolute atomic E-state index is 0.312. The molecule has 7 heteroatoms. The molecule has 0 aliphatic rings. The summed E-state index contributed by atoms with van der Waals surface area (Å²) < 4.78 is 6.35. The van der Waals surface area contributed by atoms with Crippen LogP contribution in [-0.2, 0) is 4.79 Å². The monoisotopic (exact) mass is 360 g/mol. The molecular formula is C18H20N2O4S. The number of thiazole rings is 1. The van der Waals surface area contributed by atoms with Crippen LogP contribution >= 0.6 is 11.3 Å². The second-order valence-electron chi connectivity index (χ2n) is 6.01. The summed E-state index contributed by atoms with van der Waals surface area (Å²) in [6.45, 7) is 5.44. The van der Waals surface area contributed by atoms with E-state index in [4.69, 9.17) is 4.42 Å². The first-order chi connectivity index (χ1) is 11.9. The van der Waals surface area contributed by atoms with Crippen molar-refractivity contribution in [2.75, 3.05) is 0 Å². The standard InChI is InChI=1S/C18H20N2O4S/c1-9-8-12(11(3)24-9)10(2)19-17(23)15(21)16(22)18-20-13-6-4-5-7-14(13)25-18/h4-8,10,15-16,21-22H,1-3H3,(H,19,23)/t10-,15-,16+/m0/s1. The second-order valence-corrected chi connectivity index (χ2v) is 7.07. The van der Waals surface area contributed by atoms with E-state index in [9.17, 15) is 15.0 Å². The predicted octanol–water partition coefficient (Wildman–Crippen LogP) is 2.78. The van der Waals surface area contributed by atoms with Crippen LogP contribution in [0.4, 0.5) is 0 Å². The number of hydrogen-bond acceptors (Lipinski definition) is 6. The number of furan rings is 1. The van der Waals surface area contributed by atoms with Gasteiger partial charge in [-0.2, -0.15) is 0 Å². The largest absolute Gasteiger partial charge is 0.466 e. The summed E-state index contributed by atoms with van der Waals surface area (Å²) >= 11 is 1.26. The van der Waals surface area contributed by atoms with Gasteiger partial charge in [0.25, 0.3) is 5.91 Å². The zero-order valence-corrected chi connectivity index (χ0v) is 15.0. The highest BCUT2D eigenvalue weighted by Crippen LogP contribution is 2.28. The van der Waals surface area contributed by atoms with Crippen molar-refractivity contribution in [3.8, 4) is 0 Å². The highest BCUT2D eigenvalue weighted by molar-refractivity contribution is 7.18. The average molecular weight is 360 g/mol. The SMILES string of the molecule is Cc1cc([C@H](C)NC(=O)[C@@H](O)[C@@H](O)c2nc3ccccc3s2)c(C)o1. The number of nitrogens with one attached hydrogen (secondary N) is 1. The van der Waals surface area contributed by atoms with E-state index in [2.05, 4.69) is 10.3 Å². The molecule has 0 unspecified atom stereocenters. The first kappa shape index (κ1) is 17.6. The molecule has 1 aromatic carbocycles. The zero-order chi connectivity index (χ0) is 18.1. The van der Waals surface area contributed by atoms with Crippen LogP contribution in [-0.4, -0.2) is 27.2 Å². The van der Waals surface area contributed by atoms with E-state index in [1.165, 1.54) is 11.3 Å². The fourth-order valence-electron chi connectivity index (χ4n) is 2.75. The Morgan fingerprint density at radius 2 is 2.00 bits per heavy atom. The van der Waals surface area contributed by atoms with Crippen LogP contribution in [0.3, 0.4) is 0 Å². The Balaban J connectivity index is 1.71. The van der Waals surface area contributed by atoms with Crippen LogP contribution in [0.5, 0.6) is 0 Å². The van der Waals surface area contributed by atoms with Crippen LogP contribution in [0.25, 0.3) is 10.2 Å². The van der Waals surface area contributed by atoms with Crippen molar-refractivity contribution in [3.05, 3.63) is 52.4 Å². The Hall–Kier alpha value is -2.22. The number of aliphatic hydroxyl groups excluding tert-OH is 2. The van der Waals surface area contributed by atoms with Gasteiger partial charge in [-0.05, 0) is 39.0 Å². The van der Waals surface area contributed by atoms with Gasteiger partial charge < -0.3 is 19.9 Å². The van der Waals surface area contributed by atoms with Crippen LogP contribution < -0.4 is 5.32 Å². The van der Waals surface area contributed by atoms with Gasteiger partial charge in [-0.15, -0.1) is 11.3 Å². The van der Waals surface area contributed by atoms with Gasteiger partial charge in [0.1, 0.15) is 22.6 Å². The van der Waals surface area contributed by atoms with Crippen LogP contribution in [0, 0.1) is 13.8 Å². The average Bonchev–Trinajstić information content (AvgIpc) is 3.15. The maximum Gasteiger partial charge on any atom is 0.252 e. The summed E-state index contributed by atoms with van der Waals surface area (Å²) in [7, 11) is 0. The number of hydrogen-bond donors (Lipinski definition) is 3. The lowest BCUT2D eigenvalue weighted by Gasteiger charge is -2.19. The summed E-state index contributed by atoms with van der Waals surface area (Å²) in [6, 6.07) is 8.91. The zero-order valence-electron chi connectivity index (χ0n) is 14.2. The van der Waals surface area contributed by atoms with Gasteiger partial charge in [0.15, 0.2) is 6.10 Å². The lowest BCUT2D eigenvalue weighted by Crippen LogP contribution is -2.39. The topological polar surface area (TPSA) is 95.6 Å². The summed E-state index contributed by atoms with van der Waals surface area (Å²) in [4.78, 5) is 16.6. The summed E-state index contributed by atoms with van der Waals surface area (Å²) in [5.41, 5.74) is 1.57. The molecule has 3 atom stereocenters. The number of para-hydroxylation sites is 1. The smallest absolute Gasteiger partial charge is 0.252 e. The minimum atomic E-state index is -1.60. The second kappa shape index (κ2) is 6.95. The molecule has 0 saturated carbocycles. The van der Waals surface area contributed by atoms with E-state index in [0.717, 1.165) is 21.5 Å². The fourth-order valence-corrected chi connectivity index (χ4v) is 3.74. The highest BCUT2D eigenvalue weighted by atomic mass is 32.1. The number of amides is 1. The first-order valence-electron chi connectivity index (χ1n) is 7.95. The summed E-state index contributed by atoms with van der Waals surface area (Å²) in [6.07, 6.45) is -2.98. The molecular weight excluding hydrogens is 340 g/mol. The summed E-state index contributed by atoms with van der Waals surface area (Å²) in [5, 5.41) is 23.6. The number of fused-ring (bicyclic) bond motifs is 1. The van der Waals surface area contributed by atoms with Crippen molar-refractivity contribution in [2.24, 2.45) is 0 Å². The van der Waals surface area contributed by atoms with E-state index < -0.39 is 18.1 Å². The number of rotatable bonds is 5. The lowest BCUT2D eigenvalue weighted by molar-refractivity contribution is -0.136. The normalized spacial score (nSPS) is 15.1. The molecule has 3 N–H and O–H groups in total. The predicted molar refractivity (Wildman–Crippen MR) is 95.3 cm³/mol. The van der Waals surface area contributed by atoms with E-state index in [0.29, 0.717) is 10.8 Å². The van der Waals surface area contributed by atoms with Crippen LogP contribution in [0.2, 0.25) is 0 Å². The van der Waals surface area contributed by atoms with E-state index >= 15 is 0 Å². The van der Waals surface area contributed by atoms with Gasteiger partial charge in [0.2, 0.25) is 0 Å². The molecule has 2 heterocycles. The molecule has 2 aromatic heterocycles. The van der Waals surface area contributed by atoms with Gasteiger partial charge in [-0.3, -0.25) is 4.79 Å². The van der Waals surface area contributed by atoms with Crippen molar-refractivity contribution in [1.29, 1.82) is 0 Å². The molecule has 0 fully saturated rings. The quantitative estimate of drug-likeness (QED) is 0.650. The van der Waals surface area contributed by atoms with Gasteiger partial charge >= 0.3 is 0 Å². The number of nitrogens with zero attached hydrogens (tertiary/aromatic N) is 1. The van der Waals surface area contributed by atoms with Crippen molar-refractivity contribution in [1.82, 2.24) is 10.3 Å². The molecule has 0 radical (unpaired) electrons. The molecule has 0 spiro atoms. The number of aryl methyl sites for hydroxylation is 2. The fraction of sp³-hybridized carbons (Fsp3) is 0.333. The molecule has 6 nitrogen and oxygen atoms in total. The number of carbonyl (C=O) groups excluding carboxylic acids is 1. The molecule has 0 aliphatic heterocycles. The molecule has 1 amide bonds.